The maximum Gasteiger partial charge on any atom is 0.271 e. The van der Waals surface area contributed by atoms with E-state index in [1.807, 2.05) is 0 Å². The summed E-state index contributed by atoms with van der Waals surface area (Å²) in [5.41, 5.74) is -1.35. The summed E-state index contributed by atoms with van der Waals surface area (Å²) in [6.07, 6.45) is 0. The Morgan fingerprint density at radius 3 is 2.47 bits per heavy atom. The van der Waals surface area contributed by atoms with Gasteiger partial charge in [-0.25, -0.2) is 0 Å². The van der Waals surface area contributed by atoms with Crippen molar-refractivity contribution in [3.8, 4) is 0 Å². The van der Waals surface area contributed by atoms with Gasteiger partial charge in [-0.15, -0.1) is 0 Å². The van der Waals surface area contributed by atoms with Crippen molar-refractivity contribution >= 4 is 27.5 Å². The number of hydrogen-bond donors (Lipinski definition) is 3. The number of non-ortho nitro benzene ring substituents is 1. The molecule has 19 heavy (non-hydrogen) atoms. The summed E-state index contributed by atoms with van der Waals surface area (Å²) in [6, 6.07) is 3.81. The highest BCUT2D eigenvalue weighted by molar-refractivity contribution is 9.10. The Bertz CT molecular complexity index is 502. The summed E-state index contributed by atoms with van der Waals surface area (Å²) < 4.78 is 0.390. The molecule has 0 fully saturated rings. The maximum absolute atomic E-state index is 11.9. The standard InChI is InChI=1S/C11H13BrN2O5/c1-11(5-15,6-16)13-10(17)7-2-8(12)4-9(3-7)14(18)19/h2-4,15-16H,5-6H2,1H3,(H,13,17). The zero-order chi connectivity index (χ0) is 14.6. The van der Waals surface area contributed by atoms with Crippen LogP contribution in [0.25, 0.3) is 0 Å². The lowest BCUT2D eigenvalue weighted by Gasteiger charge is -2.26. The van der Waals surface area contributed by atoms with Crippen molar-refractivity contribution in [2.45, 2.75) is 12.5 Å². The highest BCUT2D eigenvalue weighted by atomic mass is 79.9. The molecule has 0 aliphatic carbocycles. The monoisotopic (exact) mass is 332 g/mol. The van der Waals surface area contributed by atoms with Crippen molar-refractivity contribution in [3.63, 3.8) is 0 Å². The molecule has 0 atom stereocenters. The van der Waals surface area contributed by atoms with Gasteiger partial charge in [-0.3, -0.25) is 14.9 Å². The smallest absolute Gasteiger partial charge is 0.271 e. The van der Waals surface area contributed by atoms with Crippen LogP contribution in [0.15, 0.2) is 22.7 Å². The molecule has 0 saturated carbocycles. The number of benzene rings is 1. The van der Waals surface area contributed by atoms with Crippen LogP contribution in [0.2, 0.25) is 0 Å². The van der Waals surface area contributed by atoms with Crippen LogP contribution < -0.4 is 5.32 Å². The molecule has 3 N–H and O–H groups in total. The minimum absolute atomic E-state index is 0.0641. The Hall–Kier alpha value is -1.51. The molecule has 0 aromatic heterocycles. The molecule has 0 spiro atoms. The minimum atomic E-state index is -1.19. The average Bonchev–Trinajstić information content (AvgIpc) is 2.37. The van der Waals surface area contributed by atoms with Gasteiger partial charge in [0.1, 0.15) is 0 Å². The van der Waals surface area contributed by atoms with Gasteiger partial charge in [0.25, 0.3) is 11.6 Å². The summed E-state index contributed by atoms with van der Waals surface area (Å²) >= 11 is 3.08. The predicted molar refractivity (Wildman–Crippen MR) is 70.8 cm³/mol. The van der Waals surface area contributed by atoms with Crippen LogP contribution in [0.5, 0.6) is 0 Å². The van der Waals surface area contributed by atoms with Crippen LogP contribution in [-0.4, -0.2) is 39.8 Å². The lowest BCUT2D eigenvalue weighted by atomic mass is 10.0. The van der Waals surface area contributed by atoms with Crippen molar-refractivity contribution in [2.75, 3.05) is 13.2 Å². The van der Waals surface area contributed by atoms with Crippen molar-refractivity contribution in [1.29, 1.82) is 0 Å². The lowest BCUT2D eigenvalue weighted by Crippen LogP contribution is -2.51. The maximum atomic E-state index is 11.9. The Morgan fingerprint density at radius 1 is 1.42 bits per heavy atom. The van der Waals surface area contributed by atoms with Crippen molar-refractivity contribution in [2.24, 2.45) is 0 Å². The third-order valence-electron chi connectivity index (χ3n) is 2.47. The summed E-state index contributed by atoms with van der Waals surface area (Å²) in [5, 5.41) is 31.3. The number of rotatable bonds is 5. The summed E-state index contributed by atoms with van der Waals surface area (Å²) in [5.74, 6) is -0.616. The molecule has 1 rings (SSSR count). The molecule has 0 saturated heterocycles. The molecule has 0 heterocycles. The number of nitro benzene ring substituents is 1. The fraction of sp³-hybridized carbons (Fsp3) is 0.364. The summed E-state index contributed by atoms with van der Waals surface area (Å²) in [6.45, 7) is 0.550. The van der Waals surface area contributed by atoms with Crippen molar-refractivity contribution in [1.82, 2.24) is 5.32 Å². The number of carbonyl (C=O) groups excluding carboxylic acids is 1. The first kappa shape index (κ1) is 15.5. The molecule has 0 aliphatic heterocycles. The second kappa shape index (κ2) is 6.09. The van der Waals surface area contributed by atoms with Crippen LogP contribution in [0.3, 0.4) is 0 Å². The average molecular weight is 333 g/mol. The fourth-order valence-electron chi connectivity index (χ4n) is 1.29. The molecule has 0 bridgehead atoms. The molecule has 0 aliphatic rings. The van der Waals surface area contributed by atoms with E-state index in [9.17, 15) is 14.9 Å². The second-order valence-electron chi connectivity index (χ2n) is 4.29. The van der Waals surface area contributed by atoms with Gasteiger partial charge in [-0.05, 0) is 13.0 Å². The molecular weight excluding hydrogens is 320 g/mol. The molecular formula is C11H13BrN2O5. The Morgan fingerprint density at radius 2 is 2.00 bits per heavy atom. The van der Waals surface area contributed by atoms with Gasteiger partial charge in [0.2, 0.25) is 0 Å². The van der Waals surface area contributed by atoms with E-state index in [1.165, 1.54) is 19.1 Å². The number of halogens is 1. The molecule has 0 radical (unpaired) electrons. The predicted octanol–water partition coefficient (Wildman–Crippen LogP) is 0.830. The second-order valence-corrected chi connectivity index (χ2v) is 5.20. The van der Waals surface area contributed by atoms with E-state index in [-0.39, 0.29) is 11.3 Å². The largest absolute Gasteiger partial charge is 0.394 e. The summed E-state index contributed by atoms with van der Waals surface area (Å²) in [7, 11) is 0. The lowest BCUT2D eigenvalue weighted by molar-refractivity contribution is -0.385. The third-order valence-corrected chi connectivity index (χ3v) is 2.93. The number of aliphatic hydroxyl groups is 2. The van der Waals surface area contributed by atoms with Gasteiger partial charge in [-0.2, -0.15) is 0 Å². The van der Waals surface area contributed by atoms with Gasteiger partial charge < -0.3 is 15.5 Å². The van der Waals surface area contributed by atoms with E-state index in [0.29, 0.717) is 4.47 Å². The van der Waals surface area contributed by atoms with E-state index >= 15 is 0 Å². The number of nitrogens with one attached hydrogen (secondary N) is 1. The van der Waals surface area contributed by atoms with Crippen LogP contribution in [0.4, 0.5) is 5.69 Å². The molecule has 1 amide bonds. The Balaban J connectivity index is 3.03. The first-order valence-corrected chi connectivity index (χ1v) is 6.10. The van der Waals surface area contributed by atoms with Crippen LogP contribution in [0, 0.1) is 10.1 Å². The highest BCUT2D eigenvalue weighted by Gasteiger charge is 2.26. The quantitative estimate of drug-likeness (QED) is 0.546. The molecule has 8 heteroatoms. The normalized spacial score (nSPS) is 11.2. The summed E-state index contributed by atoms with van der Waals surface area (Å²) in [4.78, 5) is 22.0. The van der Waals surface area contributed by atoms with E-state index in [2.05, 4.69) is 21.2 Å². The molecule has 1 aromatic carbocycles. The number of carbonyl (C=O) groups is 1. The zero-order valence-corrected chi connectivity index (χ0v) is 11.7. The Labute approximate surface area is 117 Å². The Kier molecular flexibility index (Phi) is 4.98. The SMILES string of the molecule is CC(CO)(CO)NC(=O)c1cc(Br)cc([N+](=O)[O-])c1. The first-order chi connectivity index (χ1) is 8.81. The number of amides is 1. The first-order valence-electron chi connectivity index (χ1n) is 5.30. The molecule has 7 nitrogen and oxygen atoms in total. The van der Waals surface area contributed by atoms with Gasteiger partial charge >= 0.3 is 0 Å². The van der Waals surface area contributed by atoms with Gasteiger partial charge in [0.05, 0.1) is 23.7 Å². The van der Waals surface area contributed by atoms with Crippen LogP contribution >= 0.6 is 15.9 Å². The zero-order valence-electron chi connectivity index (χ0n) is 10.1. The van der Waals surface area contributed by atoms with Gasteiger partial charge in [-0.1, -0.05) is 15.9 Å². The molecule has 104 valence electrons. The van der Waals surface area contributed by atoms with E-state index in [0.717, 1.165) is 6.07 Å². The number of nitrogens with zero attached hydrogens (tertiary/aromatic N) is 1. The highest BCUT2D eigenvalue weighted by Crippen LogP contribution is 2.21. The fourth-order valence-corrected chi connectivity index (χ4v) is 1.77. The number of aliphatic hydroxyl groups excluding tert-OH is 2. The van der Waals surface area contributed by atoms with E-state index in [4.69, 9.17) is 10.2 Å². The number of hydrogen-bond acceptors (Lipinski definition) is 5. The number of nitro groups is 1. The van der Waals surface area contributed by atoms with Crippen molar-refractivity contribution < 1.29 is 19.9 Å². The minimum Gasteiger partial charge on any atom is -0.394 e. The topological polar surface area (TPSA) is 113 Å². The van der Waals surface area contributed by atoms with E-state index in [1.54, 1.807) is 0 Å². The van der Waals surface area contributed by atoms with Gasteiger partial charge in [0.15, 0.2) is 0 Å². The van der Waals surface area contributed by atoms with Gasteiger partial charge in [0, 0.05) is 22.2 Å². The van der Waals surface area contributed by atoms with E-state index < -0.39 is 29.6 Å². The van der Waals surface area contributed by atoms with Crippen LogP contribution in [-0.2, 0) is 0 Å². The van der Waals surface area contributed by atoms with Crippen molar-refractivity contribution in [3.05, 3.63) is 38.3 Å². The van der Waals surface area contributed by atoms with Crippen LogP contribution in [0.1, 0.15) is 17.3 Å². The third kappa shape index (κ3) is 3.98. The molecule has 0 unspecified atom stereocenters. The molecule has 1 aromatic rings.